The second kappa shape index (κ2) is 9.54. The number of aromatic nitrogens is 2. The molecular weight excluding hydrogens is 368 g/mol. The highest BCUT2D eigenvalue weighted by molar-refractivity contribution is 5.90. The van der Waals surface area contributed by atoms with E-state index in [2.05, 4.69) is 15.7 Å². The molecule has 2 amide bonds. The normalized spacial score (nSPS) is 10.4. The third-order valence-electron chi connectivity index (χ3n) is 4.27. The first-order chi connectivity index (χ1) is 14.0. The molecule has 0 atom stereocenters. The summed E-state index contributed by atoms with van der Waals surface area (Å²) in [5.41, 5.74) is 3.61. The van der Waals surface area contributed by atoms with E-state index in [0.717, 1.165) is 16.7 Å². The molecule has 1 aromatic heterocycles. The number of ether oxygens (including phenoxy) is 1. The molecule has 150 valence electrons. The molecule has 0 unspecified atom stereocenters. The van der Waals surface area contributed by atoms with Crippen LogP contribution in [0.2, 0.25) is 0 Å². The Balaban J connectivity index is 1.47. The fourth-order valence-corrected chi connectivity index (χ4v) is 2.76. The van der Waals surface area contributed by atoms with Gasteiger partial charge in [-0.2, -0.15) is 5.10 Å². The van der Waals surface area contributed by atoms with Gasteiger partial charge in [-0.3, -0.25) is 14.3 Å². The monoisotopic (exact) mass is 392 g/mol. The highest BCUT2D eigenvalue weighted by atomic mass is 16.5. The summed E-state index contributed by atoms with van der Waals surface area (Å²) in [6.45, 7) is 4.36. The van der Waals surface area contributed by atoms with Crippen molar-refractivity contribution in [2.24, 2.45) is 0 Å². The maximum atomic E-state index is 12.1. The Bertz CT molecular complexity index is 983. The number of benzene rings is 2. The molecule has 0 saturated heterocycles. The van der Waals surface area contributed by atoms with Crippen molar-refractivity contribution in [3.63, 3.8) is 0 Å². The lowest BCUT2D eigenvalue weighted by atomic mass is 10.1. The van der Waals surface area contributed by atoms with Crippen LogP contribution in [0.3, 0.4) is 0 Å². The first kappa shape index (κ1) is 20.1. The minimum Gasteiger partial charge on any atom is -0.483 e. The van der Waals surface area contributed by atoms with Crippen molar-refractivity contribution >= 4 is 17.5 Å². The van der Waals surface area contributed by atoms with Crippen LogP contribution in [-0.2, 0) is 22.7 Å². The summed E-state index contributed by atoms with van der Waals surface area (Å²) in [6, 6.07) is 15.0. The van der Waals surface area contributed by atoms with Crippen LogP contribution in [0.25, 0.3) is 0 Å². The quantitative estimate of drug-likeness (QED) is 0.617. The Kier molecular flexibility index (Phi) is 6.63. The van der Waals surface area contributed by atoms with Gasteiger partial charge in [0.2, 0.25) is 5.91 Å². The number of hydrogen-bond donors (Lipinski definition) is 2. The van der Waals surface area contributed by atoms with Crippen LogP contribution in [0.15, 0.2) is 60.9 Å². The van der Waals surface area contributed by atoms with E-state index in [1.165, 1.54) is 0 Å². The van der Waals surface area contributed by atoms with Gasteiger partial charge in [-0.05, 0) is 54.8 Å². The number of carbonyl (C=O) groups excluding carboxylic acids is 2. The molecule has 0 radical (unpaired) electrons. The lowest BCUT2D eigenvalue weighted by Crippen LogP contribution is -2.28. The van der Waals surface area contributed by atoms with E-state index in [4.69, 9.17) is 4.74 Å². The van der Waals surface area contributed by atoms with Gasteiger partial charge in [-0.15, -0.1) is 0 Å². The fourth-order valence-electron chi connectivity index (χ4n) is 2.76. The summed E-state index contributed by atoms with van der Waals surface area (Å²) < 4.78 is 7.17. The van der Waals surface area contributed by atoms with E-state index in [0.29, 0.717) is 18.0 Å². The predicted molar refractivity (Wildman–Crippen MR) is 111 cm³/mol. The number of hydrogen-bond acceptors (Lipinski definition) is 4. The molecule has 3 aromatic rings. The van der Waals surface area contributed by atoms with E-state index in [-0.39, 0.29) is 25.0 Å². The van der Waals surface area contributed by atoms with Crippen molar-refractivity contribution in [1.82, 2.24) is 15.1 Å². The molecule has 0 fully saturated rings. The smallest absolute Gasteiger partial charge is 0.258 e. The first-order valence-electron chi connectivity index (χ1n) is 9.32. The molecule has 3 rings (SSSR count). The maximum Gasteiger partial charge on any atom is 0.258 e. The number of aryl methyl sites for hydroxylation is 2. The summed E-state index contributed by atoms with van der Waals surface area (Å²) in [6.07, 6.45) is 3.35. The summed E-state index contributed by atoms with van der Waals surface area (Å²) in [5, 5.41) is 9.67. The van der Waals surface area contributed by atoms with Crippen molar-refractivity contribution in [2.75, 3.05) is 11.9 Å². The van der Waals surface area contributed by atoms with Crippen LogP contribution in [0.4, 0.5) is 5.69 Å². The first-order valence-corrected chi connectivity index (χ1v) is 9.32. The van der Waals surface area contributed by atoms with Crippen LogP contribution < -0.4 is 15.4 Å². The second-order valence-electron chi connectivity index (χ2n) is 6.79. The Labute approximate surface area is 169 Å². The van der Waals surface area contributed by atoms with Gasteiger partial charge in [-0.1, -0.05) is 24.3 Å². The van der Waals surface area contributed by atoms with Gasteiger partial charge in [0.05, 0.1) is 0 Å². The average molecular weight is 392 g/mol. The van der Waals surface area contributed by atoms with E-state index >= 15 is 0 Å². The number of rotatable bonds is 8. The molecule has 0 saturated carbocycles. The van der Waals surface area contributed by atoms with Crippen molar-refractivity contribution in [3.05, 3.63) is 77.6 Å². The van der Waals surface area contributed by atoms with Gasteiger partial charge in [0.1, 0.15) is 12.3 Å². The summed E-state index contributed by atoms with van der Waals surface area (Å²) in [5.74, 6) is 0.331. The average Bonchev–Trinajstić information content (AvgIpc) is 3.20. The Hall–Kier alpha value is -3.61. The minimum absolute atomic E-state index is 0.0510. The predicted octanol–water partition coefficient (Wildman–Crippen LogP) is 2.83. The molecule has 1 heterocycles. The second-order valence-corrected chi connectivity index (χ2v) is 6.79. The zero-order chi connectivity index (χ0) is 20.6. The zero-order valence-electron chi connectivity index (χ0n) is 16.5. The van der Waals surface area contributed by atoms with Crippen LogP contribution in [0.1, 0.15) is 16.7 Å². The van der Waals surface area contributed by atoms with E-state index in [1.54, 1.807) is 29.2 Å². The Morgan fingerprint density at radius 2 is 1.93 bits per heavy atom. The van der Waals surface area contributed by atoms with Crippen molar-refractivity contribution in [1.29, 1.82) is 0 Å². The van der Waals surface area contributed by atoms with Gasteiger partial charge in [0.15, 0.2) is 6.61 Å². The van der Waals surface area contributed by atoms with Crippen molar-refractivity contribution in [3.8, 4) is 5.75 Å². The van der Waals surface area contributed by atoms with Gasteiger partial charge in [0.25, 0.3) is 5.91 Å². The van der Waals surface area contributed by atoms with Crippen LogP contribution >= 0.6 is 0 Å². The van der Waals surface area contributed by atoms with Crippen molar-refractivity contribution < 1.29 is 14.3 Å². The topological polar surface area (TPSA) is 85.3 Å². The molecule has 2 N–H and O–H groups in total. The van der Waals surface area contributed by atoms with Crippen LogP contribution in [0, 0.1) is 13.8 Å². The summed E-state index contributed by atoms with van der Waals surface area (Å²) >= 11 is 0. The van der Waals surface area contributed by atoms with Crippen LogP contribution in [0.5, 0.6) is 5.75 Å². The summed E-state index contributed by atoms with van der Waals surface area (Å²) in [4.78, 5) is 24.2. The molecule has 7 heteroatoms. The van der Waals surface area contributed by atoms with Crippen LogP contribution in [-0.4, -0.2) is 28.2 Å². The Morgan fingerprint density at radius 3 is 2.72 bits per heavy atom. The molecular formula is C22H24N4O3. The third-order valence-corrected chi connectivity index (χ3v) is 4.27. The molecule has 2 aromatic carbocycles. The SMILES string of the molecule is Cc1ccc(C)c(OCC(=O)NCc2cccc(NC(=O)Cn3cccn3)c2)c1. The van der Waals surface area contributed by atoms with E-state index < -0.39 is 0 Å². The lowest BCUT2D eigenvalue weighted by molar-refractivity contribution is -0.123. The summed E-state index contributed by atoms with van der Waals surface area (Å²) in [7, 11) is 0. The zero-order valence-corrected chi connectivity index (χ0v) is 16.5. The van der Waals surface area contributed by atoms with Gasteiger partial charge >= 0.3 is 0 Å². The minimum atomic E-state index is -0.209. The number of carbonyl (C=O) groups is 2. The molecule has 0 aliphatic carbocycles. The third kappa shape index (κ3) is 6.21. The molecule has 0 aliphatic heterocycles. The number of nitrogens with zero attached hydrogens (tertiary/aromatic N) is 2. The molecule has 0 spiro atoms. The number of nitrogens with one attached hydrogen (secondary N) is 2. The largest absolute Gasteiger partial charge is 0.483 e. The molecule has 0 bridgehead atoms. The van der Waals surface area contributed by atoms with E-state index in [9.17, 15) is 9.59 Å². The standard InChI is InChI=1S/C22H24N4O3/c1-16-7-8-17(2)20(11-16)29-15-22(28)23-13-18-5-3-6-19(12-18)25-21(27)14-26-10-4-9-24-26/h3-12H,13-15H2,1-2H3,(H,23,28)(H,25,27). The van der Waals surface area contributed by atoms with Gasteiger partial charge in [-0.25, -0.2) is 0 Å². The lowest BCUT2D eigenvalue weighted by Gasteiger charge is -2.11. The highest BCUT2D eigenvalue weighted by Gasteiger charge is 2.07. The molecule has 7 nitrogen and oxygen atoms in total. The van der Waals surface area contributed by atoms with Gasteiger partial charge < -0.3 is 15.4 Å². The van der Waals surface area contributed by atoms with Crippen molar-refractivity contribution in [2.45, 2.75) is 26.9 Å². The maximum absolute atomic E-state index is 12.1. The fraction of sp³-hybridized carbons (Fsp3) is 0.227. The van der Waals surface area contributed by atoms with E-state index in [1.807, 2.05) is 50.2 Å². The number of amides is 2. The Morgan fingerprint density at radius 1 is 1.07 bits per heavy atom. The van der Waals surface area contributed by atoms with Gasteiger partial charge in [0, 0.05) is 24.6 Å². The molecule has 29 heavy (non-hydrogen) atoms. The highest BCUT2D eigenvalue weighted by Crippen LogP contribution is 2.18. The number of anilines is 1. The molecule has 0 aliphatic rings.